The fourth-order valence-corrected chi connectivity index (χ4v) is 4.29. The average Bonchev–Trinajstić information content (AvgIpc) is 3.36. The molecule has 32 heavy (non-hydrogen) atoms. The van der Waals surface area contributed by atoms with Gasteiger partial charge in [0.1, 0.15) is 5.82 Å². The Morgan fingerprint density at radius 3 is 2.72 bits per heavy atom. The third-order valence-corrected chi connectivity index (χ3v) is 6.16. The van der Waals surface area contributed by atoms with Gasteiger partial charge in [-0.05, 0) is 37.6 Å². The summed E-state index contributed by atoms with van der Waals surface area (Å²) in [4.78, 5) is 16.8. The van der Waals surface area contributed by atoms with E-state index in [1.54, 1.807) is 29.1 Å². The molecule has 164 valence electrons. The highest BCUT2D eigenvalue weighted by Crippen LogP contribution is 2.21. The van der Waals surface area contributed by atoms with Crippen molar-refractivity contribution in [2.45, 2.75) is 32.1 Å². The third kappa shape index (κ3) is 5.08. The first-order valence-electron chi connectivity index (χ1n) is 10.3. The maximum atomic E-state index is 13.5. The van der Waals surface area contributed by atoms with Crippen LogP contribution in [0.2, 0.25) is 0 Å². The molecule has 0 bridgehead atoms. The molecule has 0 radical (unpaired) electrons. The first-order chi connectivity index (χ1) is 15.5. The van der Waals surface area contributed by atoms with Crippen LogP contribution in [0.5, 0.6) is 0 Å². The van der Waals surface area contributed by atoms with Gasteiger partial charge in [-0.25, -0.2) is 9.37 Å². The number of aryl methyl sites for hydroxylation is 1. The van der Waals surface area contributed by atoms with Gasteiger partial charge in [-0.15, -0.1) is 0 Å². The lowest BCUT2D eigenvalue weighted by Crippen LogP contribution is -2.25. The van der Waals surface area contributed by atoms with Crippen molar-refractivity contribution in [2.75, 3.05) is 5.75 Å². The van der Waals surface area contributed by atoms with Gasteiger partial charge in [0.25, 0.3) is 0 Å². The number of aromatic nitrogens is 4. The molecule has 1 amide bonds. The SMILES string of the molecule is Cc1nn(Cc2ccccc2)c(C)c1CNC(=O)CSc1nccn1-c1cccc(F)c1. The zero-order valence-electron chi connectivity index (χ0n) is 18.0. The van der Waals surface area contributed by atoms with E-state index in [0.717, 1.165) is 17.0 Å². The summed E-state index contributed by atoms with van der Waals surface area (Å²) < 4.78 is 17.3. The Bertz CT molecular complexity index is 1220. The van der Waals surface area contributed by atoms with E-state index in [-0.39, 0.29) is 17.5 Å². The third-order valence-electron chi connectivity index (χ3n) is 5.19. The number of hydrogen-bond donors (Lipinski definition) is 1. The fourth-order valence-electron chi connectivity index (χ4n) is 3.49. The standard InChI is InChI=1S/C24H24FN5OS/c1-17-22(18(2)30(28-17)15-19-7-4-3-5-8-19)14-27-23(31)16-32-24-26-11-12-29(24)21-10-6-9-20(25)13-21/h3-13H,14-16H2,1-2H3,(H,27,31). The predicted octanol–water partition coefficient (Wildman–Crippen LogP) is 4.28. The molecule has 0 aliphatic rings. The molecule has 2 aromatic carbocycles. The Morgan fingerprint density at radius 2 is 1.94 bits per heavy atom. The van der Waals surface area contributed by atoms with Crippen LogP contribution < -0.4 is 5.32 Å². The van der Waals surface area contributed by atoms with Crippen molar-refractivity contribution in [1.82, 2.24) is 24.6 Å². The Hall–Kier alpha value is -3.39. The number of thioether (sulfide) groups is 1. The highest BCUT2D eigenvalue weighted by Gasteiger charge is 2.14. The Morgan fingerprint density at radius 1 is 1.12 bits per heavy atom. The summed E-state index contributed by atoms with van der Waals surface area (Å²) in [6.07, 6.45) is 3.39. The Kier molecular flexibility index (Phi) is 6.70. The molecular formula is C24H24FN5OS. The monoisotopic (exact) mass is 449 g/mol. The number of nitrogens with one attached hydrogen (secondary N) is 1. The smallest absolute Gasteiger partial charge is 0.230 e. The number of carbonyl (C=O) groups is 1. The summed E-state index contributed by atoms with van der Waals surface area (Å²) in [5, 5.41) is 8.25. The molecule has 0 spiro atoms. The van der Waals surface area contributed by atoms with Crippen LogP contribution >= 0.6 is 11.8 Å². The number of rotatable bonds is 8. The number of imidazole rings is 1. The van der Waals surface area contributed by atoms with E-state index in [1.165, 1.54) is 29.5 Å². The van der Waals surface area contributed by atoms with Crippen LogP contribution in [0.3, 0.4) is 0 Å². The van der Waals surface area contributed by atoms with E-state index in [0.29, 0.717) is 23.9 Å². The first-order valence-corrected chi connectivity index (χ1v) is 11.3. The van der Waals surface area contributed by atoms with Crippen LogP contribution in [0.15, 0.2) is 72.1 Å². The number of benzene rings is 2. The lowest BCUT2D eigenvalue weighted by atomic mass is 10.2. The second-order valence-electron chi connectivity index (χ2n) is 7.42. The van der Waals surface area contributed by atoms with E-state index >= 15 is 0 Å². The fraction of sp³-hybridized carbons (Fsp3) is 0.208. The summed E-state index contributed by atoms with van der Waals surface area (Å²) in [7, 11) is 0. The molecule has 0 aliphatic carbocycles. The predicted molar refractivity (Wildman–Crippen MR) is 123 cm³/mol. The molecule has 6 nitrogen and oxygen atoms in total. The van der Waals surface area contributed by atoms with Crippen LogP contribution in [-0.4, -0.2) is 31.0 Å². The molecule has 0 unspecified atom stereocenters. The van der Waals surface area contributed by atoms with Gasteiger partial charge in [0.2, 0.25) is 5.91 Å². The van der Waals surface area contributed by atoms with Crippen molar-refractivity contribution in [2.24, 2.45) is 0 Å². The van der Waals surface area contributed by atoms with Crippen LogP contribution in [0.25, 0.3) is 5.69 Å². The van der Waals surface area contributed by atoms with Crippen molar-refractivity contribution in [3.63, 3.8) is 0 Å². The summed E-state index contributed by atoms with van der Waals surface area (Å²) in [6, 6.07) is 16.4. The summed E-state index contributed by atoms with van der Waals surface area (Å²) in [5.74, 6) is -0.204. The lowest BCUT2D eigenvalue weighted by Gasteiger charge is -2.09. The minimum absolute atomic E-state index is 0.0987. The highest BCUT2D eigenvalue weighted by molar-refractivity contribution is 7.99. The van der Waals surface area contributed by atoms with E-state index in [2.05, 4.69) is 27.5 Å². The minimum Gasteiger partial charge on any atom is -0.351 e. The van der Waals surface area contributed by atoms with Gasteiger partial charge in [-0.2, -0.15) is 5.10 Å². The quantitative estimate of drug-likeness (QED) is 0.408. The number of nitrogens with zero attached hydrogens (tertiary/aromatic N) is 4. The summed E-state index contributed by atoms with van der Waals surface area (Å²) in [6.45, 7) is 5.10. The normalized spacial score (nSPS) is 11.0. The number of hydrogen-bond acceptors (Lipinski definition) is 4. The Balaban J connectivity index is 1.35. The zero-order chi connectivity index (χ0) is 22.5. The number of halogens is 1. The van der Waals surface area contributed by atoms with Crippen molar-refractivity contribution >= 4 is 17.7 Å². The lowest BCUT2D eigenvalue weighted by molar-refractivity contribution is -0.118. The molecule has 0 atom stereocenters. The minimum atomic E-state index is -0.316. The molecular weight excluding hydrogens is 425 g/mol. The molecule has 0 fully saturated rings. The van der Waals surface area contributed by atoms with Gasteiger partial charge < -0.3 is 5.32 Å². The molecule has 0 aliphatic heterocycles. The van der Waals surface area contributed by atoms with Gasteiger partial charge in [0, 0.05) is 30.2 Å². The first kappa shape index (κ1) is 21.8. The van der Waals surface area contributed by atoms with E-state index in [9.17, 15) is 9.18 Å². The van der Waals surface area contributed by atoms with E-state index in [1.807, 2.05) is 36.7 Å². The molecule has 8 heteroatoms. The molecule has 2 heterocycles. The van der Waals surface area contributed by atoms with Crippen LogP contribution in [0.4, 0.5) is 4.39 Å². The molecule has 0 saturated heterocycles. The summed E-state index contributed by atoms with van der Waals surface area (Å²) >= 11 is 1.31. The van der Waals surface area contributed by atoms with E-state index < -0.39 is 0 Å². The van der Waals surface area contributed by atoms with Crippen LogP contribution in [-0.2, 0) is 17.9 Å². The molecule has 4 aromatic rings. The molecule has 1 N–H and O–H groups in total. The van der Waals surface area contributed by atoms with Crippen LogP contribution in [0, 0.1) is 19.7 Å². The number of amides is 1. The second kappa shape index (κ2) is 9.82. The molecule has 4 rings (SSSR count). The van der Waals surface area contributed by atoms with Crippen molar-refractivity contribution in [3.8, 4) is 5.69 Å². The largest absolute Gasteiger partial charge is 0.351 e. The van der Waals surface area contributed by atoms with Gasteiger partial charge in [0.05, 0.1) is 23.7 Å². The van der Waals surface area contributed by atoms with Gasteiger partial charge in [0.15, 0.2) is 5.16 Å². The maximum Gasteiger partial charge on any atom is 0.230 e. The van der Waals surface area contributed by atoms with E-state index in [4.69, 9.17) is 0 Å². The maximum absolute atomic E-state index is 13.5. The number of carbonyl (C=O) groups excluding carboxylic acids is 1. The average molecular weight is 450 g/mol. The van der Waals surface area contributed by atoms with Crippen LogP contribution in [0.1, 0.15) is 22.5 Å². The van der Waals surface area contributed by atoms with Gasteiger partial charge >= 0.3 is 0 Å². The zero-order valence-corrected chi connectivity index (χ0v) is 18.8. The molecule has 0 saturated carbocycles. The molecule has 2 aromatic heterocycles. The highest BCUT2D eigenvalue weighted by atomic mass is 32.2. The topological polar surface area (TPSA) is 64.7 Å². The Labute approximate surface area is 190 Å². The van der Waals surface area contributed by atoms with Crippen molar-refractivity contribution in [3.05, 3.63) is 95.3 Å². The second-order valence-corrected chi connectivity index (χ2v) is 8.36. The van der Waals surface area contributed by atoms with Crippen molar-refractivity contribution < 1.29 is 9.18 Å². The van der Waals surface area contributed by atoms with Crippen molar-refractivity contribution in [1.29, 1.82) is 0 Å². The van der Waals surface area contributed by atoms with Gasteiger partial charge in [-0.3, -0.25) is 14.0 Å². The van der Waals surface area contributed by atoms with Gasteiger partial charge in [-0.1, -0.05) is 48.2 Å². The summed E-state index contributed by atoms with van der Waals surface area (Å²) in [5.41, 5.74) is 4.83.